The maximum Gasteiger partial charge on any atom is 0.337 e. The van der Waals surface area contributed by atoms with Crippen LogP contribution in [0, 0.1) is 0 Å². The minimum atomic E-state index is -0.344. The molecule has 0 unspecified atom stereocenters. The third-order valence-corrected chi connectivity index (χ3v) is 2.96. The number of ether oxygens (including phenoxy) is 1. The van der Waals surface area contributed by atoms with Crippen LogP contribution in [0.4, 0.5) is 11.4 Å². The molecule has 5 nitrogen and oxygen atoms in total. The van der Waals surface area contributed by atoms with Crippen LogP contribution >= 0.6 is 0 Å². The summed E-state index contributed by atoms with van der Waals surface area (Å²) in [6, 6.07) is 5.19. The Morgan fingerprint density at radius 2 is 1.95 bits per heavy atom. The van der Waals surface area contributed by atoms with Gasteiger partial charge in [0.15, 0.2) is 0 Å². The normalized spacial score (nSPS) is 10.6. The second kappa shape index (κ2) is 6.99. The van der Waals surface area contributed by atoms with Crippen molar-refractivity contribution in [3.8, 4) is 0 Å². The fourth-order valence-electron chi connectivity index (χ4n) is 1.86. The number of carbonyl (C=O) groups is 1. The van der Waals surface area contributed by atoms with Crippen molar-refractivity contribution in [1.82, 2.24) is 4.90 Å². The van der Waals surface area contributed by atoms with Gasteiger partial charge in [-0.15, -0.1) is 0 Å². The molecular weight excluding hydrogens is 242 g/mol. The molecule has 1 rings (SSSR count). The molecule has 2 N–H and O–H groups in total. The Morgan fingerprint density at radius 3 is 2.53 bits per heavy atom. The Balaban J connectivity index is 2.77. The lowest BCUT2D eigenvalue weighted by Crippen LogP contribution is -2.24. The van der Waals surface area contributed by atoms with Crippen molar-refractivity contribution >= 4 is 17.3 Å². The highest BCUT2D eigenvalue weighted by Gasteiger charge is 2.11. The molecule has 0 saturated carbocycles. The van der Waals surface area contributed by atoms with Gasteiger partial charge in [-0.3, -0.25) is 0 Å². The fourth-order valence-corrected chi connectivity index (χ4v) is 1.86. The number of benzene rings is 1. The van der Waals surface area contributed by atoms with Crippen LogP contribution in [0.15, 0.2) is 18.2 Å². The predicted molar refractivity (Wildman–Crippen MR) is 78.6 cm³/mol. The summed E-state index contributed by atoms with van der Waals surface area (Å²) in [6.45, 7) is 1.90. The number of nitrogen functional groups attached to an aromatic ring is 1. The fraction of sp³-hybridized carbons (Fsp3) is 0.500. The Kier molecular flexibility index (Phi) is 5.63. The molecule has 0 bridgehead atoms. The largest absolute Gasteiger partial charge is 0.465 e. The molecule has 0 spiro atoms. The average molecular weight is 265 g/mol. The van der Waals surface area contributed by atoms with Crippen LogP contribution in [0.1, 0.15) is 16.8 Å². The third-order valence-electron chi connectivity index (χ3n) is 2.96. The monoisotopic (exact) mass is 265 g/mol. The number of methoxy groups -OCH3 is 1. The molecule has 0 radical (unpaired) electrons. The average Bonchev–Trinajstić information content (AvgIpc) is 2.37. The second-order valence-corrected chi connectivity index (χ2v) is 4.84. The molecule has 106 valence electrons. The van der Waals surface area contributed by atoms with Crippen LogP contribution in [0.5, 0.6) is 0 Å². The highest BCUT2D eigenvalue weighted by Crippen LogP contribution is 2.24. The summed E-state index contributed by atoms with van der Waals surface area (Å²) in [7, 11) is 7.44. The van der Waals surface area contributed by atoms with Crippen molar-refractivity contribution in [3.63, 3.8) is 0 Å². The van der Waals surface area contributed by atoms with Gasteiger partial charge >= 0.3 is 5.97 Å². The van der Waals surface area contributed by atoms with Gasteiger partial charge < -0.3 is 20.3 Å². The summed E-state index contributed by atoms with van der Waals surface area (Å²) in [5.74, 6) is -0.344. The molecular formula is C14H23N3O2. The van der Waals surface area contributed by atoms with E-state index in [-0.39, 0.29) is 5.97 Å². The predicted octanol–water partition coefficient (Wildman–Crippen LogP) is 1.44. The van der Waals surface area contributed by atoms with Gasteiger partial charge in [-0.2, -0.15) is 0 Å². The number of nitrogens with two attached hydrogens (primary N) is 1. The van der Waals surface area contributed by atoms with E-state index in [2.05, 4.69) is 9.80 Å². The summed E-state index contributed by atoms with van der Waals surface area (Å²) >= 11 is 0. The number of anilines is 2. The van der Waals surface area contributed by atoms with E-state index in [1.165, 1.54) is 7.11 Å². The lowest BCUT2D eigenvalue weighted by molar-refractivity contribution is 0.0601. The maximum absolute atomic E-state index is 11.5. The van der Waals surface area contributed by atoms with Gasteiger partial charge in [0.25, 0.3) is 0 Å². The quantitative estimate of drug-likeness (QED) is 0.623. The first kappa shape index (κ1) is 15.3. The van der Waals surface area contributed by atoms with Crippen molar-refractivity contribution in [2.24, 2.45) is 0 Å². The number of hydrogen-bond donors (Lipinski definition) is 1. The maximum atomic E-state index is 11.5. The molecule has 0 aliphatic carbocycles. The molecule has 1 aromatic carbocycles. The van der Waals surface area contributed by atoms with Crippen LogP contribution in [-0.2, 0) is 4.74 Å². The first-order chi connectivity index (χ1) is 8.95. The van der Waals surface area contributed by atoms with E-state index < -0.39 is 0 Å². The second-order valence-electron chi connectivity index (χ2n) is 4.84. The minimum Gasteiger partial charge on any atom is -0.465 e. The van der Waals surface area contributed by atoms with Crippen molar-refractivity contribution < 1.29 is 9.53 Å². The number of nitrogens with zero attached hydrogens (tertiary/aromatic N) is 2. The molecule has 0 aromatic heterocycles. The zero-order chi connectivity index (χ0) is 14.4. The molecule has 0 fully saturated rings. The van der Waals surface area contributed by atoms with E-state index in [1.807, 2.05) is 21.1 Å². The summed E-state index contributed by atoms with van der Waals surface area (Å²) in [5.41, 5.74) is 8.01. The van der Waals surface area contributed by atoms with E-state index in [0.717, 1.165) is 25.2 Å². The number of hydrogen-bond acceptors (Lipinski definition) is 5. The summed E-state index contributed by atoms with van der Waals surface area (Å²) in [6.07, 6.45) is 1.03. The van der Waals surface area contributed by atoms with E-state index in [9.17, 15) is 4.79 Å². The molecule has 0 atom stereocenters. The Morgan fingerprint density at radius 1 is 1.26 bits per heavy atom. The summed E-state index contributed by atoms with van der Waals surface area (Å²) in [4.78, 5) is 15.7. The van der Waals surface area contributed by atoms with Crippen LogP contribution < -0.4 is 10.6 Å². The van der Waals surface area contributed by atoms with Crippen molar-refractivity contribution in [2.75, 3.05) is 52.0 Å². The van der Waals surface area contributed by atoms with Gasteiger partial charge in [-0.05, 0) is 45.3 Å². The topological polar surface area (TPSA) is 58.8 Å². The number of esters is 1. The molecule has 0 aliphatic heterocycles. The molecule has 0 saturated heterocycles. The van der Waals surface area contributed by atoms with Crippen molar-refractivity contribution in [3.05, 3.63) is 23.8 Å². The van der Waals surface area contributed by atoms with Gasteiger partial charge in [-0.25, -0.2) is 4.79 Å². The Hall–Kier alpha value is -1.75. The Bertz CT molecular complexity index is 433. The van der Waals surface area contributed by atoms with Crippen molar-refractivity contribution in [2.45, 2.75) is 6.42 Å². The lowest BCUT2D eigenvalue weighted by Gasteiger charge is -2.22. The van der Waals surface area contributed by atoms with E-state index in [1.54, 1.807) is 18.2 Å². The van der Waals surface area contributed by atoms with Gasteiger partial charge in [0.05, 0.1) is 24.0 Å². The van der Waals surface area contributed by atoms with Gasteiger partial charge in [-0.1, -0.05) is 0 Å². The Labute approximate surface area is 114 Å². The summed E-state index contributed by atoms with van der Waals surface area (Å²) in [5, 5.41) is 0. The zero-order valence-electron chi connectivity index (χ0n) is 12.1. The van der Waals surface area contributed by atoms with Crippen LogP contribution in [-0.4, -0.2) is 52.2 Å². The molecule has 5 heteroatoms. The molecule has 19 heavy (non-hydrogen) atoms. The van der Waals surface area contributed by atoms with Crippen molar-refractivity contribution in [1.29, 1.82) is 0 Å². The van der Waals surface area contributed by atoms with E-state index >= 15 is 0 Å². The minimum absolute atomic E-state index is 0.344. The first-order valence-electron chi connectivity index (χ1n) is 6.29. The standard InChI is InChI=1S/C14H23N3O2/c1-16(2)8-5-9-17(3)13-10-11(14(18)19-4)6-7-12(13)15/h6-7,10H,5,8-9,15H2,1-4H3. The van der Waals surface area contributed by atoms with E-state index in [0.29, 0.717) is 11.3 Å². The third kappa shape index (κ3) is 4.44. The molecule has 0 aliphatic rings. The van der Waals surface area contributed by atoms with Gasteiger partial charge in [0, 0.05) is 13.6 Å². The highest BCUT2D eigenvalue weighted by molar-refractivity contribution is 5.92. The van der Waals surface area contributed by atoms with Gasteiger partial charge in [0.1, 0.15) is 0 Å². The molecule has 0 amide bonds. The van der Waals surface area contributed by atoms with Crippen LogP contribution in [0.3, 0.4) is 0 Å². The smallest absolute Gasteiger partial charge is 0.337 e. The SMILES string of the molecule is COC(=O)c1ccc(N)c(N(C)CCCN(C)C)c1. The summed E-state index contributed by atoms with van der Waals surface area (Å²) < 4.78 is 4.72. The lowest BCUT2D eigenvalue weighted by atomic mass is 10.1. The molecule has 0 heterocycles. The van der Waals surface area contributed by atoms with Crippen LogP contribution in [0.2, 0.25) is 0 Å². The van der Waals surface area contributed by atoms with E-state index in [4.69, 9.17) is 10.5 Å². The highest BCUT2D eigenvalue weighted by atomic mass is 16.5. The zero-order valence-corrected chi connectivity index (χ0v) is 12.1. The van der Waals surface area contributed by atoms with Crippen LogP contribution in [0.25, 0.3) is 0 Å². The molecule has 1 aromatic rings. The number of carbonyl (C=O) groups excluding carboxylic acids is 1. The van der Waals surface area contributed by atoms with Gasteiger partial charge in [0.2, 0.25) is 0 Å². The number of rotatable bonds is 6. The first-order valence-corrected chi connectivity index (χ1v) is 6.29.